The first-order valence-corrected chi connectivity index (χ1v) is 5.46. The third-order valence-corrected chi connectivity index (χ3v) is 2.50. The maximum Gasteiger partial charge on any atom is 0.401 e. The standard InChI is InChI=1S/C10H20F3N3.ClH/c1-9(2,14)7-15-3-5-16(6-4-15)8-10(11,12)13;/h3-8,14H2,1-2H3;1H. The fraction of sp³-hybridized carbons (Fsp3) is 1.00. The highest BCUT2D eigenvalue weighted by molar-refractivity contribution is 5.85. The summed E-state index contributed by atoms with van der Waals surface area (Å²) in [7, 11) is 0. The summed E-state index contributed by atoms with van der Waals surface area (Å²) < 4.78 is 36.4. The highest BCUT2D eigenvalue weighted by atomic mass is 35.5. The molecule has 0 aromatic carbocycles. The average Bonchev–Trinajstić information content (AvgIpc) is 2.03. The van der Waals surface area contributed by atoms with E-state index in [1.807, 2.05) is 13.8 Å². The van der Waals surface area contributed by atoms with Crippen LogP contribution in [0.25, 0.3) is 0 Å². The molecule has 1 saturated heterocycles. The number of nitrogens with two attached hydrogens (primary N) is 1. The fourth-order valence-electron chi connectivity index (χ4n) is 1.94. The molecule has 2 N–H and O–H groups in total. The van der Waals surface area contributed by atoms with E-state index in [0.29, 0.717) is 26.2 Å². The van der Waals surface area contributed by atoms with Crippen LogP contribution in [0.4, 0.5) is 13.2 Å². The Labute approximate surface area is 107 Å². The van der Waals surface area contributed by atoms with E-state index in [4.69, 9.17) is 5.73 Å². The minimum atomic E-state index is -4.09. The second kappa shape index (κ2) is 6.22. The van der Waals surface area contributed by atoms with E-state index in [9.17, 15) is 13.2 Å². The molecule has 0 spiro atoms. The zero-order valence-corrected chi connectivity index (χ0v) is 11.1. The summed E-state index contributed by atoms with van der Waals surface area (Å²) in [6, 6.07) is 0. The molecule has 1 heterocycles. The first kappa shape index (κ1) is 17.0. The molecule has 1 aliphatic rings. The van der Waals surface area contributed by atoms with E-state index < -0.39 is 12.7 Å². The number of hydrogen-bond acceptors (Lipinski definition) is 3. The highest BCUT2D eigenvalue weighted by Crippen LogP contribution is 2.17. The molecule has 1 aliphatic heterocycles. The van der Waals surface area contributed by atoms with Gasteiger partial charge in [-0.15, -0.1) is 12.4 Å². The van der Waals surface area contributed by atoms with Gasteiger partial charge in [0.1, 0.15) is 0 Å². The molecule has 0 radical (unpaired) electrons. The maximum absolute atomic E-state index is 12.1. The third-order valence-electron chi connectivity index (χ3n) is 2.50. The minimum absolute atomic E-state index is 0. The molecule has 7 heteroatoms. The van der Waals surface area contributed by atoms with Crippen LogP contribution in [0.2, 0.25) is 0 Å². The Hall–Kier alpha value is -0.0400. The zero-order chi connectivity index (χ0) is 12.4. The Kier molecular flexibility index (Phi) is 6.21. The van der Waals surface area contributed by atoms with Crippen LogP contribution < -0.4 is 5.73 Å². The second-order valence-corrected chi connectivity index (χ2v) is 5.16. The number of rotatable bonds is 3. The van der Waals surface area contributed by atoms with Crippen molar-refractivity contribution in [1.29, 1.82) is 0 Å². The summed E-state index contributed by atoms with van der Waals surface area (Å²) >= 11 is 0. The normalized spacial score (nSPS) is 20.1. The van der Waals surface area contributed by atoms with E-state index in [0.717, 1.165) is 6.54 Å². The molecule has 1 fully saturated rings. The molecular weight excluding hydrogens is 255 g/mol. The lowest BCUT2D eigenvalue weighted by Crippen LogP contribution is -2.54. The number of hydrogen-bond donors (Lipinski definition) is 1. The van der Waals surface area contributed by atoms with E-state index in [2.05, 4.69) is 4.90 Å². The van der Waals surface area contributed by atoms with E-state index in [1.165, 1.54) is 4.90 Å². The van der Waals surface area contributed by atoms with Gasteiger partial charge in [0.2, 0.25) is 0 Å². The van der Waals surface area contributed by atoms with Gasteiger partial charge >= 0.3 is 6.18 Å². The van der Waals surface area contributed by atoms with Gasteiger partial charge in [-0.1, -0.05) is 0 Å². The van der Waals surface area contributed by atoms with Gasteiger partial charge in [0.05, 0.1) is 6.54 Å². The van der Waals surface area contributed by atoms with Crippen LogP contribution in [0.3, 0.4) is 0 Å². The molecule has 0 saturated carbocycles. The van der Waals surface area contributed by atoms with Crippen LogP contribution in [-0.4, -0.2) is 60.8 Å². The number of nitrogens with zero attached hydrogens (tertiary/aromatic N) is 2. The molecule has 3 nitrogen and oxygen atoms in total. The van der Waals surface area contributed by atoms with Crippen LogP contribution in [0.15, 0.2) is 0 Å². The second-order valence-electron chi connectivity index (χ2n) is 5.16. The molecule has 104 valence electrons. The van der Waals surface area contributed by atoms with Crippen molar-refractivity contribution >= 4 is 12.4 Å². The molecular formula is C10H21ClF3N3. The van der Waals surface area contributed by atoms with Gasteiger partial charge in [0.25, 0.3) is 0 Å². The molecule has 0 aromatic heterocycles. The summed E-state index contributed by atoms with van der Waals surface area (Å²) in [5.74, 6) is 0. The third kappa shape index (κ3) is 7.81. The topological polar surface area (TPSA) is 32.5 Å². The maximum atomic E-state index is 12.1. The monoisotopic (exact) mass is 275 g/mol. The Morgan fingerprint density at radius 1 is 0.941 bits per heavy atom. The lowest BCUT2D eigenvalue weighted by atomic mass is 10.1. The van der Waals surface area contributed by atoms with Crippen molar-refractivity contribution in [3.63, 3.8) is 0 Å². The van der Waals surface area contributed by atoms with Crippen LogP contribution >= 0.6 is 12.4 Å². The Bertz CT molecular complexity index is 196. The molecule has 0 amide bonds. The van der Waals surface area contributed by atoms with Crippen molar-refractivity contribution in [3.05, 3.63) is 0 Å². The summed E-state index contributed by atoms with van der Waals surface area (Å²) in [6.45, 7) is 6.04. The molecule has 0 unspecified atom stereocenters. The van der Waals surface area contributed by atoms with Crippen LogP contribution in [0.1, 0.15) is 13.8 Å². The van der Waals surface area contributed by atoms with Crippen molar-refractivity contribution in [2.45, 2.75) is 25.6 Å². The molecule has 0 bridgehead atoms. The van der Waals surface area contributed by atoms with Gasteiger partial charge < -0.3 is 5.73 Å². The SMILES string of the molecule is CC(C)(N)CN1CCN(CC(F)(F)F)CC1.Cl. The van der Waals surface area contributed by atoms with Gasteiger partial charge in [0, 0.05) is 38.3 Å². The number of alkyl halides is 3. The molecule has 0 aromatic rings. The Morgan fingerprint density at radius 3 is 1.59 bits per heavy atom. The van der Waals surface area contributed by atoms with Crippen molar-refractivity contribution in [3.8, 4) is 0 Å². The lowest BCUT2D eigenvalue weighted by molar-refractivity contribution is -0.149. The molecule has 17 heavy (non-hydrogen) atoms. The van der Waals surface area contributed by atoms with E-state index >= 15 is 0 Å². The largest absolute Gasteiger partial charge is 0.401 e. The van der Waals surface area contributed by atoms with E-state index in [1.54, 1.807) is 0 Å². The Balaban J connectivity index is 0.00000256. The highest BCUT2D eigenvalue weighted by Gasteiger charge is 2.32. The van der Waals surface area contributed by atoms with Crippen molar-refractivity contribution in [2.75, 3.05) is 39.3 Å². The van der Waals surface area contributed by atoms with Gasteiger partial charge in [-0.25, -0.2) is 0 Å². The number of piperazine rings is 1. The smallest absolute Gasteiger partial charge is 0.324 e. The Morgan fingerprint density at radius 2 is 1.29 bits per heavy atom. The van der Waals surface area contributed by atoms with Crippen molar-refractivity contribution in [2.24, 2.45) is 5.73 Å². The van der Waals surface area contributed by atoms with Gasteiger partial charge in [-0.3, -0.25) is 9.80 Å². The first-order chi connectivity index (χ1) is 7.16. The van der Waals surface area contributed by atoms with Crippen molar-refractivity contribution in [1.82, 2.24) is 9.80 Å². The summed E-state index contributed by atoms with van der Waals surface area (Å²) in [6.07, 6.45) is -4.09. The summed E-state index contributed by atoms with van der Waals surface area (Å²) in [4.78, 5) is 3.56. The number of halogens is 4. The van der Waals surface area contributed by atoms with Gasteiger partial charge in [0.15, 0.2) is 0 Å². The molecule has 1 rings (SSSR count). The fourth-order valence-corrected chi connectivity index (χ4v) is 1.94. The summed E-state index contributed by atoms with van der Waals surface area (Å²) in [5, 5.41) is 0. The average molecular weight is 276 g/mol. The lowest BCUT2D eigenvalue weighted by Gasteiger charge is -2.37. The molecule has 0 atom stereocenters. The van der Waals surface area contributed by atoms with Gasteiger partial charge in [-0.2, -0.15) is 13.2 Å². The first-order valence-electron chi connectivity index (χ1n) is 5.46. The summed E-state index contributed by atoms with van der Waals surface area (Å²) in [5.41, 5.74) is 5.58. The van der Waals surface area contributed by atoms with Crippen LogP contribution in [0.5, 0.6) is 0 Å². The minimum Gasteiger partial charge on any atom is -0.324 e. The van der Waals surface area contributed by atoms with Crippen LogP contribution in [-0.2, 0) is 0 Å². The van der Waals surface area contributed by atoms with Gasteiger partial charge in [-0.05, 0) is 13.8 Å². The predicted octanol–water partition coefficient (Wildman–Crippen LogP) is 1.33. The predicted molar refractivity (Wildman–Crippen MR) is 64.4 cm³/mol. The quantitative estimate of drug-likeness (QED) is 0.843. The molecule has 0 aliphatic carbocycles. The van der Waals surface area contributed by atoms with E-state index in [-0.39, 0.29) is 17.9 Å². The van der Waals surface area contributed by atoms with Crippen molar-refractivity contribution < 1.29 is 13.2 Å². The zero-order valence-electron chi connectivity index (χ0n) is 10.3. The van der Waals surface area contributed by atoms with Crippen LogP contribution in [0, 0.1) is 0 Å².